The molecule has 2 heterocycles. The summed E-state index contributed by atoms with van der Waals surface area (Å²) < 4.78 is 16.3. The third kappa shape index (κ3) is 5.81. The first-order valence-corrected chi connectivity index (χ1v) is 12.3. The first-order chi connectivity index (χ1) is 16.0. The van der Waals surface area contributed by atoms with E-state index in [0.29, 0.717) is 17.3 Å². The number of pyridine rings is 1. The normalized spacial score (nSPS) is 15.1. The highest BCUT2D eigenvalue weighted by Crippen LogP contribution is 2.34. The van der Waals surface area contributed by atoms with Gasteiger partial charge in [-0.25, -0.2) is 9.37 Å². The van der Waals surface area contributed by atoms with Crippen molar-refractivity contribution in [3.8, 4) is 0 Å². The lowest BCUT2D eigenvalue weighted by molar-refractivity contribution is 0.0793. The highest BCUT2D eigenvalue weighted by atomic mass is 19.1. The van der Waals surface area contributed by atoms with E-state index in [1.54, 1.807) is 32.0 Å². The molecule has 1 aliphatic rings. The molecule has 0 radical (unpaired) electrons. The Morgan fingerprint density at radius 1 is 1.12 bits per heavy atom. The van der Waals surface area contributed by atoms with Crippen LogP contribution in [-0.2, 0) is 11.3 Å². The standard InChI is InChI=1S/C25H31FN4O2.C2H6/c1-24(2,26)22-12-8-11-19(27-22)23(31)28-21-13-16-15-30(17-9-6-5-7-10-17)29-20(16)14-18(21)25(3,4)32;1-2/h8,11-15,17,32H,5-7,9-10H2,1-4H3,(H,28,31);1-2H3. The van der Waals surface area contributed by atoms with Gasteiger partial charge in [-0.2, -0.15) is 5.10 Å². The Bertz CT molecular complexity index is 1140. The maximum absolute atomic E-state index is 14.3. The van der Waals surface area contributed by atoms with E-state index in [1.807, 2.05) is 36.9 Å². The van der Waals surface area contributed by atoms with E-state index in [1.165, 1.54) is 33.1 Å². The van der Waals surface area contributed by atoms with Crippen molar-refractivity contribution in [3.63, 3.8) is 0 Å². The molecule has 3 aromatic rings. The van der Waals surface area contributed by atoms with Gasteiger partial charge < -0.3 is 10.4 Å². The van der Waals surface area contributed by atoms with Gasteiger partial charge in [0.2, 0.25) is 0 Å². The number of carbonyl (C=O) groups excluding carboxylic acids is 1. The van der Waals surface area contributed by atoms with Crippen molar-refractivity contribution in [2.24, 2.45) is 0 Å². The van der Waals surface area contributed by atoms with Crippen LogP contribution in [0.15, 0.2) is 36.5 Å². The highest BCUT2D eigenvalue weighted by molar-refractivity contribution is 6.04. The number of benzene rings is 1. The molecule has 0 bridgehead atoms. The number of anilines is 1. The molecule has 0 unspecified atom stereocenters. The minimum Gasteiger partial charge on any atom is -0.386 e. The van der Waals surface area contributed by atoms with Gasteiger partial charge in [0.25, 0.3) is 5.91 Å². The van der Waals surface area contributed by atoms with Crippen molar-refractivity contribution < 1.29 is 14.3 Å². The zero-order chi connectivity index (χ0) is 25.1. The number of alkyl halides is 1. The largest absolute Gasteiger partial charge is 0.386 e. The van der Waals surface area contributed by atoms with Crippen LogP contribution < -0.4 is 5.32 Å². The summed E-state index contributed by atoms with van der Waals surface area (Å²) in [5, 5.41) is 19.3. The van der Waals surface area contributed by atoms with Gasteiger partial charge in [0.05, 0.1) is 22.9 Å². The van der Waals surface area contributed by atoms with Gasteiger partial charge in [-0.3, -0.25) is 9.48 Å². The molecular formula is C27H37FN4O2. The summed E-state index contributed by atoms with van der Waals surface area (Å²) >= 11 is 0. The summed E-state index contributed by atoms with van der Waals surface area (Å²) in [5.74, 6) is -0.458. The van der Waals surface area contributed by atoms with E-state index in [0.717, 1.165) is 23.7 Å². The van der Waals surface area contributed by atoms with Crippen LogP contribution in [-0.4, -0.2) is 25.8 Å². The van der Waals surface area contributed by atoms with Gasteiger partial charge in [0, 0.05) is 22.8 Å². The molecule has 1 aromatic carbocycles. The van der Waals surface area contributed by atoms with E-state index in [2.05, 4.69) is 10.3 Å². The maximum atomic E-state index is 14.3. The number of fused-ring (bicyclic) bond motifs is 1. The van der Waals surface area contributed by atoms with Gasteiger partial charge in [-0.05, 0) is 64.8 Å². The van der Waals surface area contributed by atoms with Crippen molar-refractivity contribution in [2.45, 2.75) is 91.0 Å². The molecule has 0 atom stereocenters. The highest BCUT2D eigenvalue weighted by Gasteiger charge is 2.26. The summed E-state index contributed by atoms with van der Waals surface area (Å²) in [4.78, 5) is 17.2. The number of hydrogen-bond donors (Lipinski definition) is 2. The third-order valence-electron chi connectivity index (χ3n) is 6.11. The second kappa shape index (κ2) is 10.2. The number of aromatic nitrogens is 3. The molecule has 1 fully saturated rings. The molecule has 6 nitrogen and oxygen atoms in total. The number of nitrogens with one attached hydrogen (secondary N) is 1. The monoisotopic (exact) mass is 468 g/mol. The first-order valence-electron chi connectivity index (χ1n) is 12.3. The Kier molecular flexibility index (Phi) is 7.76. The molecule has 0 aliphatic heterocycles. The van der Waals surface area contributed by atoms with E-state index in [4.69, 9.17) is 5.10 Å². The molecule has 0 spiro atoms. The van der Waals surface area contributed by atoms with Gasteiger partial charge in [-0.1, -0.05) is 39.2 Å². The number of nitrogens with zero attached hydrogens (tertiary/aromatic N) is 3. The quantitative estimate of drug-likeness (QED) is 0.439. The lowest BCUT2D eigenvalue weighted by Gasteiger charge is -2.22. The van der Waals surface area contributed by atoms with Crippen molar-refractivity contribution in [3.05, 3.63) is 53.5 Å². The molecule has 34 heavy (non-hydrogen) atoms. The number of rotatable bonds is 5. The SMILES string of the molecule is CC.CC(C)(O)c1cc2nn(C3CCCCC3)cc2cc1NC(=O)c1cccc(C(C)(C)F)n1. The smallest absolute Gasteiger partial charge is 0.274 e. The summed E-state index contributed by atoms with van der Waals surface area (Å²) in [5.41, 5.74) is -0.697. The van der Waals surface area contributed by atoms with Gasteiger partial charge in [0.15, 0.2) is 0 Å². The molecule has 7 heteroatoms. The lowest BCUT2D eigenvalue weighted by Crippen LogP contribution is -2.22. The lowest BCUT2D eigenvalue weighted by atomic mass is 9.95. The second-order valence-electron chi connectivity index (χ2n) is 9.75. The van der Waals surface area contributed by atoms with Crippen molar-refractivity contribution in [1.29, 1.82) is 0 Å². The summed E-state index contributed by atoms with van der Waals surface area (Å²) in [7, 11) is 0. The predicted octanol–water partition coefficient (Wildman–Crippen LogP) is 6.65. The van der Waals surface area contributed by atoms with E-state index >= 15 is 0 Å². The number of carbonyl (C=O) groups is 1. The molecule has 0 saturated heterocycles. The molecule has 2 N–H and O–H groups in total. The number of hydrogen-bond acceptors (Lipinski definition) is 4. The summed E-state index contributed by atoms with van der Waals surface area (Å²) in [6.07, 6.45) is 7.92. The Morgan fingerprint density at radius 2 is 1.79 bits per heavy atom. The van der Waals surface area contributed by atoms with Crippen LogP contribution in [0, 0.1) is 0 Å². The fourth-order valence-electron chi connectivity index (χ4n) is 4.31. The van der Waals surface area contributed by atoms with Gasteiger partial charge in [-0.15, -0.1) is 0 Å². The molecular weight excluding hydrogens is 431 g/mol. The predicted molar refractivity (Wildman–Crippen MR) is 135 cm³/mol. The van der Waals surface area contributed by atoms with Gasteiger partial charge >= 0.3 is 0 Å². The van der Waals surface area contributed by atoms with E-state index in [-0.39, 0.29) is 11.4 Å². The molecule has 2 aromatic heterocycles. The van der Waals surface area contributed by atoms with Crippen LogP contribution in [0.5, 0.6) is 0 Å². The molecule has 4 rings (SSSR count). The zero-order valence-corrected chi connectivity index (χ0v) is 21.2. The Labute approximate surface area is 201 Å². The van der Waals surface area contributed by atoms with Gasteiger partial charge in [0.1, 0.15) is 11.4 Å². The topological polar surface area (TPSA) is 80.0 Å². The Balaban J connectivity index is 0.00000158. The average Bonchev–Trinajstić information content (AvgIpc) is 3.22. The molecule has 1 aliphatic carbocycles. The van der Waals surface area contributed by atoms with Crippen LogP contribution in [0.4, 0.5) is 10.1 Å². The third-order valence-corrected chi connectivity index (χ3v) is 6.11. The van der Waals surface area contributed by atoms with Crippen molar-refractivity contribution in [2.75, 3.05) is 5.32 Å². The summed E-state index contributed by atoms with van der Waals surface area (Å²) in [6, 6.07) is 8.79. The minimum absolute atomic E-state index is 0.118. The fraction of sp³-hybridized carbons (Fsp3) is 0.519. The molecule has 1 amide bonds. The first kappa shape index (κ1) is 25.8. The van der Waals surface area contributed by atoms with Crippen LogP contribution >= 0.6 is 0 Å². The van der Waals surface area contributed by atoms with Crippen molar-refractivity contribution in [1.82, 2.24) is 14.8 Å². The summed E-state index contributed by atoms with van der Waals surface area (Å²) in [6.45, 7) is 10.2. The van der Waals surface area contributed by atoms with Crippen LogP contribution in [0.2, 0.25) is 0 Å². The average molecular weight is 469 g/mol. The second-order valence-corrected chi connectivity index (χ2v) is 9.75. The van der Waals surface area contributed by atoms with Crippen molar-refractivity contribution >= 4 is 22.5 Å². The van der Waals surface area contributed by atoms with E-state index in [9.17, 15) is 14.3 Å². The number of halogens is 1. The van der Waals surface area contributed by atoms with E-state index < -0.39 is 17.2 Å². The maximum Gasteiger partial charge on any atom is 0.274 e. The molecule has 1 saturated carbocycles. The fourth-order valence-corrected chi connectivity index (χ4v) is 4.31. The van der Waals surface area contributed by atoms with Crippen LogP contribution in [0.1, 0.15) is 101 Å². The Hall–Kier alpha value is -2.80. The zero-order valence-electron chi connectivity index (χ0n) is 21.2. The Morgan fingerprint density at radius 3 is 2.41 bits per heavy atom. The minimum atomic E-state index is -1.65. The van der Waals surface area contributed by atoms with Crippen LogP contribution in [0.3, 0.4) is 0 Å². The number of amides is 1. The van der Waals surface area contributed by atoms with Crippen LogP contribution in [0.25, 0.3) is 10.9 Å². The number of aliphatic hydroxyl groups is 1. The molecule has 184 valence electrons.